The van der Waals surface area contributed by atoms with Crippen LogP contribution in [-0.4, -0.2) is 26.1 Å². The number of aromatic nitrogens is 3. The predicted octanol–water partition coefficient (Wildman–Crippen LogP) is 2.02. The zero-order valence-electron chi connectivity index (χ0n) is 9.80. The molecule has 18 heavy (non-hydrogen) atoms. The van der Waals surface area contributed by atoms with Crippen molar-refractivity contribution in [2.75, 3.05) is 0 Å². The number of nitrogens with zero attached hydrogens (tertiary/aromatic N) is 3. The SMILES string of the molecule is Cc1c(CC(=O)O)nnn1Cc1ccccc1Br. The van der Waals surface area contributed by atoms with Crippen molar-refractivity contribution in [2.45, 2.75) is 19.9 Å². The van der Waals surface area contributed by atoms with Gasteiger partial charge in [0.1, 0.15) is 0 Å². The van der Waals surface area contributed by atoms with Gasteiger partial charge in [-0.05, 0) is 18.6 Å². The molecule has 0 amide bonds. The summed E-state index contributed by atoms with van der Waals surface area (Å²) in [5.41, 5.74) is 2.37. The Morgan fingerprint density at radius 2 is 2.17 bits per heavy atom. The molecule has 0 bridgehead atoms. The summed E-state index contributed by atoms with van der Waals surface area (Å²) in [5.74, 6) is -0.897. The molecule has 1 aromatic heterocycles. The minimum absolute atomic E-state index is 0.0954. The van der Waals surface area contributed by atoms with E-state index in [1.165, 1.54) is 0 Å². The Balaban J connectivity index is 2.23. The van der Waals surface area contributed by atoms with Gasteiger partial charge in [0.2, 0.25) is 0 Å². The zero-order valence-corrected chi connectivity index (χ0v) is 11.4. The van der Waals surface area contributed by atoms with Crippen molar-refractivity contribution in [2.24, 2.45) is 0 Å². The lowest BCUT2D eigenvalue weighted by molar-refractivity contribution is -0.136. The Bertz CT molecular complexity index is 580. The normalized spacial score (nSPS) is 10.6. The van der Waals surface area contributed by atoms with Crippen LogP contribution >= 0.6 is 15.9 Å². The van der Waals surface area contributed by atoms with Crippen molar-refractivity contribution in [3.63, 3.8) is 0 Å². The molecule has 0 unspecified atom stereocenters. The molecule has 0 spiro atoms. The zero-order chi connectivity index (χ0) is 13.1. The summed E-state index contributed by atoms with van der Waals surface area (Å²) in [4.78, 5) is 10.7. The van der Waals surface area contributed by atoms with Gasteiger partial charge in [0.15, 0.2) is 0 Å². The van der Waals surface area contributed by atoms with Crippen LogP contribution in [0.3, 0.4) is 0 Å². The Labute approximate surface area is 113 Å². The Morgan fingerprint density at radius 3 is 2.83 bits per heavy atom. The molecule has 94 valence electrons. The molecule has 1 aromatic carbocycles. The van der Waals surface area contributed by atoms with Gasteiger partial charge in [-0.3, -0.25) is 4.79 Å². The Kier molecular flexibility index (Phi) is 3.76. The Morgan fingerprint density at radius 1 is 1.44 bits per heavy atom. The van der Waals surface area contributed by atoms with Crippen LogP contribution in [0, 0.1) is 6.92 Å². The molecule has 1 heterocycles. The van der Waals surface area contributed by atoms with E-state index >= 15 is 0 Å². The van der Waals surface area contributed by atoms with E-state index in [4.69, 9.17) is 5.11 Å². The highest BCUT2D eigenvalue weighted by atomic mass is 79.9. The average molecular weight is 310 g/mol. The molecule has 0 saturated heterocycles. The number of benzene rings is 1. The average Bonchev–Trinajstić information content (AvgIpc) is 2.64. The summed E-state index contributed by atoms with van der Waals surface area (Å²) in [6.45, 7) is 2.40. The highest BCUT2D eigenvalue weighted by Crippen LogP contribution is 2.17. The number of halogens is 1. The van der Waals surface area contributed by atoms with Crippen molar-refractivity contribution in [3.8, 4) is 0 Å². The van der Waals surface area contributed by atoms with Gasteiger partial charge in [-0.15, -0.1) is 5.10 Å². The summed E-state index contributed by atoms with van der Waals surface area (Å²) in [7, 11) is 0. The van der Waals surface area contributed by atoms with E-state index in [0.717, 1.165) is 15.7 Å². The number of carboxylic acids is 1. The summed E-state index contributed by atoms with van der Waals surface area (Å²) in [6, 6.07) is 7.84. The van der Waals surface area contributed by atoms with Crippen LogP contribution in [0.25, 0.3) is 0 Å². The third-order valence-electron chi connectivity index (χ3n) is 2.67. The fourth-order valence-electron chi connectivity index (χ4n) is 1.64. The first-order valence-corrected chi connectivity index (χ1v) is 6.21. The van der Waals surface area contributed by atoms with Crippen LogP contribution in [0.2, 0.25) is 0 Å². The fraction of sp³-hybridized carbons (Fsp3) is 0.250. The number of carboxylic acid groups (broad SMARTS) is 1. The lowest BCUT2D eigenvalue weighted by atomic mass is 10.2. The van der Waals surface area contributed by atoms with E-state index in [0.29, 0.717) is 12.2 Å². The molecule has 6 heteroatoms. The maximum absolute atomic E-state index is 10.7. The maximum atomic E-state index is 10.7. The van der Waals surface area contributed by atoms with E-state index < -0.39 is 5.97 Å². The van der Waals surface area contributed by atoms with Gasteiger partial charge in [-0.1, -0.05) is 39.3 Å². The molecule has 0 aliphatic carbocycles. The van der Waals surface area contributed by atoms with Gasteiger partial charge in [-0.2, -0.15) is 0 Å². The van der Waals surface area contributed by atoms with E-state index in [-0.39, 0.29) is 6.42 Å². The second-order valence-corrected chi connectivity index (χ2v) is 4.80. The van der Waals surface area contributed by atoms with Crippen LogP contribution in [0.5, 0.6) is 0 Å². The molecule has 1 N–H and O–H groups in total. The lowest BCUT2D eigenvalue weighted by Gasteiger charge is -2.05. The third kappa shape index (κ3) is 2.76. The van der Waals surface area contributed by atoms with Crippen molar-refractivity contribution in [3.05, 3.63) is 45.7 Å². The summed E-state index contributed by atoms with van der Waals surface area (Å²) in [6.07, 6.45) is -0.0954. The fourth-order valence-corrected chi connectivity index (χ4v) is 2.05. The first-order valence-electron chi connectivity index (χ1n) is 5.42. The molecule has 0 fully saturated rings. The number of rotatable bonds is 4. The van der Waals surface area contributed by atoms with Gasteiger partial charge in [-0.25, -0.2) is 4.68 Å². The van der Waals surface area contributed by atoms with Crippen LogP contribution in [-0.2, 0) is 17.8 Å². The number of aliphatic carboxylic acids is 1. The molecule has 5 nitrogen and oxygen atoms in total. The maximum Gasteiger partial charge on any atom is 0.309 e. The largest absolute Gasteiger partial charge is 0.481 e. The van der Waals surface area contributed by atoms with E-state index in [9.17, 15) is 4.79 Å². The Hall–Kier alpha value is -1.69. The van der Waals surface area contributed by atoms with Gasteiger partial charge in [0.25, 0.3) is 0 Å². The molecular weight excluding hydrogens is 298 g/mol. The minimum atomic E-state index is -0.897. The number of hydrogen-bond donors (Lipinski definition) is 1. The third-order valence-corrected chi connectivity index (χ3v) is 3.45. The standard InChI is InChI=1S/C12H12BrN3O2/c1-8-11(6-12(17)18)14-15-16(8)7-9-4-2-3-5-10(9)13/h2-5H,6-7H2,1H3,(H,17,18). The molecule has 2 rings (SSSR count). The molecular formula is C12H12BrN3O2. The van der Waals surface area contributed by atoms with Crippen molar-refractivity contribution in [1.29, 1.82) is 0 Å². The second-order valence-electron chi connectivity index (χ2n) is 3.94. The van der Waals surface area contributed by atoms with E-state index in [2.05, 4.69) is 26.2 Å². The number of carbonyl (C=O) groups is 1. The van der Waals surface area contributed by atoms with E-state index in [1.54, 1.807) is 4.68 Å². The molecule has 0 radical (unpaired) electrons. The monoisotopic (exact) mass is 309 g/mol. The minimum Gasteiger partial charge on any atom is -0.481 e. The highest BCUT2D eigenvalue weighted by molar-refractivity contribution is 9.10. The molecule has 0 saturated carbocycles. The molecule has 0 aliphatic rings. The smallest absolute Gasteiger partial charge is 0.309 e. The molecule has 0 atom stereocenters. The first kappa shape index (κ1) is 12.8. The van der Waals surface area contributed by atoms with Crippen LogP contribution in [0.4, 0.5) is 0 Å². The summed E-state index contributed by atoms with van der Waals surface area (Å²) < 4.78 is 2.71. The van der Waals surface area contributed by atoms with Gasteiger partial charge >= 0.3 is 5.97 Å². The van der Waals surface area contributed by atoms with Crippen LogP contribution in [0.1, 0.15) is 17.0 Å². The van der Waals surface area contributed by atoms with Crippen LogP contribution in [0.15, 0.2) is 28.7 Å². The number of hydrogen-bond acceptors (Lipinski definition) is 3. The van der Waals surface area contributed by atoms with Gasteiger partial charge in [0.05, 0.1) is 24.4 Å². The molecule has 2 aromatic rings. The van der Waals surface area contributed by atoms with E-state index in [1.807, 2.05) is 31.2 Å². The highest BCUT2D eigenvalue weighted by Gasteiger charge is 2.12. The van der Waals surface area contributed by atoms with Crippen molar-refractivity contribution >= 4 is 21.9 Å². The van der Waals surface area contributed by atoms with Gasteiger partial charge in [0, 0.05) is 4.47 Å². The van der Waals surface area contributed by atoms with Crippen LogP contribution < -0.4 is 0 Å². The second kappa shape index (κ2) is 5.30. The topological polar surface area (TPSA) is 68.0 Å². The predicted molar refractivity (Wildman–Crippen MR) is 69.3 cm³/mol. The lowest BCUT2D eigenvalue weighted by Crippen LogP contribution is -2.06. The van der Waals surface area contributed by atoms with Crippen molar-refractivity contribution in [1.82, 2.24) is 15.0 Å². The summed E-state index contributed by atoms with van der Waals surface area (Å²) >= 11 is 3.47. The first-order chi connectivity index (χ1) is 8.58. The quantitative estimate of drug-likeness (QED) is 0.938. The van der Waals surface area contributed by atoms with Crippen molar-refractivity contribution < 1.29 is 9.90 Å². The summed E-state index contributed by atoms with van der Waals surface area (Å²) in [5, 5.41) is 16.6. The van der Waals surface area contributed by atoms with Gasteiger partial charge < -0.3 is 5.11 Å². The molecule has 0 aliphatic heterocycles.